The molecule has 4 nitrogen and oxygen atoms in total. The molecule has 1 aromatic carbocycles. The van der Waals surface area contributed by atoms with Gasteiger partial charge in [0, 0.05) is 0 Å². The highest BCUT2D eigenvalue weighted by atomic mass is 19.1. The summed E-state index contributed by atoms with van der Waals surface area (Å²) in [6.45, 7) is 3.79. The molecule has 0 unspecified atom stereocenters. The zero-order valence-corrected chi connectivity index (χ0v) is 9.24. The maximum absolute atomic E-state index is 13.3. The van der Waals surface area contributed by atoms with Gasteiger partial charge >= 0.3 is 0 Å². The zero-order chi connectivity index (χ0) is 11.7. The number of nitrogens with two attached hydrogens (primary N) is 1. The number of rotatable bonds is 2. The average molecular weight is 220 g/mol. The summed E-state index contributed by atoms with van der Waals surface area (Å²) in [4.78, 5) is 0. The molecule has 0 saturated carbocycles. The molecule has 84 valence electrons. The third kappa shape index (κ3) is 1.76. The van der Waals surface area contributed by atoms with Crippen LogP contribution < -0.4 is 5.73 Å². The van der Waals surface area contributed by atoms with Crippen molar-refractivity contribution in [2.75, 3.05) is 5.73 Å². The van der Waals surface area contributed by atoms with Crippen molar-refractivity contribution in [3.05, 3.63) is 35.3 Å². The van der Waals surface area contributed by atoms with E-state index in [1.165, 1.54) is 12.1 Å². The van der Waals surface area contributed by atoms with Crippen molar-refractivity contribution in [3.63, 3.8) is 0 Å². The molecule has 0 saturated heterocycles. The number of nitrogens with zero attached hydrogens (tertiary/aromatic N) is 3. The van der Waals surface area contributed by atoms with Crippen LogP contribution in [0.1, 0.15) is 18.2 Å². The molecule has 16 heavy (non-hydrogen) atoms. The van der Waals surface area contributed by atoms with E-state index in [9.17, 15) is 4.39 Å². The zero-order valence-electron chi connectivity index (χ0n) is 9.24. The molecular formula is C11H13FN4. The molecule has 0 aliphatic carbocycles. The monoisotopic (exact) mass is 220 g/mol. The normalized spacial score (nSPS) is 10.7. The van der Waals surface area contributed by atoms with Crippen molar-refractivity contribution in [1.29, 1.82) is 0 Å². The molecule has 1 aromatic heterocycles. The lowest BCUT2D eigenvalue weighted by Gasteiger charge is -2.06. The first-order valence-electron chi connectivity index (χ1n) is 5.09. The Morgan fingerprint density at radius 3 is 2.75 bits per heavy atom. The molecule has 2 N–H and O–H groups in total. The Hall–Kier alpha value is -1.91. The largest absolute Gasteiger partial charge is 0.381 e. The van der Waals surface area contributed by atoms with E-state index in [0.717, 1.165) is 11.3 Å². The van der Waals surface area contributed by atoms with E-state index in [4.69, 9.17) is 5.73 Å². The number of hydrogen-bond donors (Lipinski definition) is 1. The molecule has 0 fully saturated rings. The first kappa shape index (κ1) is 10.6. The second kappa shape index (κ2) is 3.92. The number of benzene rings is 1. The lowest BCUT2D eigenvalue weighted by molar-refractivity contribution is 0.622. The molecule has 2 rings (SSSR count). The number of anilines is 1. The predicted octanol–water partition coefficient (Wildman–Crippen LogP) is 1.86. The Morgan fingerprint density at radius 2 is 2.12 bits per heavy atom. The summed E-state index contributed by atoms with van der Waals surface area (Å²) in [7, 11) is 0. The van der Waals surface area contributed by atoms with Gasteiger partial charge in [0.1, 0.15) is 5.82 Å². The van der Waals surface area contributed by atoms with Crippen LogP contribution in [0.25, 0.3) is 5.69 Å². The number of halogens is 1. The van der Waals surface area contributed by atoms with Crippen LogP contribution >= 0.6 is 0 Å². The van der Waals surface area contributed by atoms with Gasteiger partial charge in [0.25, 0.3) is 0 Å². The summed E-state index contributed by atoms with van der Waals surface area (Å²) >= 11 is 0. The Bertz CT molecular complexity index is 498. The summed E-state index contributed by atoms with van der Waals surface area (Å²) in [5, 5.41) is 7.71. The van der Waals surface area contributed by atoms with E-state index < -0.39 is 0 Å². The van der Waals surface area contributed by atoms with Crippen LogP contribution in [0, 0.1) is 12.7 Å². The Labute approximate surface area is 92.9 Å². The van der Waals surface area contributed by atoms with Crippen LogP contribution in [0.5, 0.6) is 0 Å². The summed E-state index contributed by atoms with van der Waals surface area (Å²) in [6, 6.07) is 4.73. The highest BCUT2D eigenvalue weighted by Gasteiger charge is 2.10. The standard InChI is InChI=1S/C11H13FN4/c1-3-10-11(13)14-15-16(10)9-5-7(2)4-8(12)6-9/h4-6H,3,13H2,1-2H3. The van der Waals surface area contributed by atoms with Gasteiger partial charge in [-0.1, -0.05) is 12.1 Å². The first-order chi connectivity index (χ1) is 7.61. The molecule has 1 heterocycles. The van der Waals surface area contributed by atoms with Gasteiger partial charge in [0.05, 0.1) is 11.4 Å². The summed E-state index contributed by atoms with van der Waals surface area (Å²) in [5.74, 6) is 0.107. The van der Waals surface area contributed by atoms with E-state index in [0.29, 0.717) is 17.9 Å². The van der Waals surface area contributed by atoms with Crippen molar-refractivity contribution < 1.29 is 4.39 Å². The molecule has 0 aliphatic rings. The minimum atomic E-state index is -0.286. The minimum absolute atomic E-state index is 0.286. The maximum atomic E-state index is 13.3. The van der Waals surface area contributed by atoms with Gasteiger partial charge in [-0.2, -0.15) is 0 Å². The summed E-state index contributed by atoms with van der Waals surface area (Å²) in [6.07, 6.45) is 0.703. The maximum Gasteiger partial charge on any atom is 0.169 e. The quantitative estimate of drug-likeness (QED) is 0.840. The molecule has 0 amide bonds. The summed E-state index contributed by atoms with van der Waals surface area (Å²) < 4.78 is 14.8. The van der Waals surface area contributed by atoms with E-state index in [1.807, 2.05) is 19.9 Å². The van der Waals surface area contributed by atoms with Crippen LogP contribution in [-0.2, 0) is 6.42 Å². The van der Waals surface area contributed by atoms with E-state index in [-0.39, 0.29) is 5.82 Å². The smallest absolute Gasteiger partial charge is 0.169 e. The van der Waals surface area contributed by atoms with Crippen molar-refractivity contribution in [1.82, 2.24) is 15.0 Å². The van der Waals surface area contributed by atoms with Crippen LogP contribution in [-0.4, -0.2) is 15.0 Å². The topological polar surface area (TPSA) is 56.7 Å². The van der Waals surface area contributed by atoms with Gasteiger partial charge in [0.15, 0.2) is 5.82 Å². The van der Waals surface area contributed by atoms with Gasteiger partial charge in [-0.3, -0.25) is 0 Å². The lowest BCUT2D eigenvalue weighted by atomic mass is 10.2. The molecule has 2 aromatic rings. The minimum Gasteiger partial charge on any atom is -0.381 e. The van der Waals surface area contributed by atoms with Crippen LogP contribution in [0.4, 0.5) is 10.2 Å². The van der Waals surface area contributed by atoms with E-state index >= 15 is 0 Å². The van der Waals surface area contributed by atoms with Gasteiger partial charge in [-0.15, -0.1) is 5.10 Å². The fourth-order valence-corrected chi connectivity index (χ4v) is 1.69. The molecule has 0 spiro atoms. The lowest BCUT2D eigenvalue weighted by Crippen LogP contribution is -2.03. The highest BCUT2D eigenvalue weighted by molar-refractivity contribution is 5.42. The highest BCUT2D eigenvalue weighted by Crippen LogP contribution is 2.17. The molecule has 0 radical (unpaired) electrons. The van der Waals surface area contributed by atoms with Crippen molar-refractivity contribution in [3.8, 4) is 5.69 Å². The second-order valence-corrected chi connectivity index (χ2v) is 3.67. The van der Waals surface area contributed by atoms with Crippen molar-refractivity contribution >= 4 is 5.82 Å². The molecule has 0 bridgehead atoms. The van der Waals surface area contributed by atoms with E-state index in [2.05, 4.69) is 10.3 Å². The van der Waals surface area contributed by atoms with E-state index in [1.54, 1.807) is 4.68 Å². The predicted molar refractivity (Wildman–Crippen MR) is 59.8 cm³/mol. The third-order valence-corrected chi connectivity index (χ3v) is 2.40. The fourth-order valence-electron chi connectivity index (χ4n) is 1.69. The van der Waals surface area contributed by atoms with Gasteiger partial charge in [-0.05, 0) is 37.1 Å². The fraction of sp³-hybridized carbons (Fsp3) is 0.273. The molecular weight excluding hydrogens is 207 g/mol. The Morgan fingerprint density at radius 1 is 1.38 bits per heavy atom. The SMILES string of the molecule is CCc1c(N)nnn1-c1cc(C)cc(F)c1. The average Bonchev–Trinajstić information content (AvgIpc) is 2.58. The molecule has 0 atom stereocenters. The van der Waals surface area contributed by atoms with Gasteiger partial charge < -0.3 is 5.73 Å². The Kier molecular flexibility index (Phi) is 2.60. The molecule has 5 heteroatoms. The van der Waals surface area contributed by atoms with Gasteiger partial charge in [-0.25, -0.2) is 9.07 Å². The third-order valence-electron chi connectivity index (χ3n) is 2.40. The van der Waals surface area contributed by atoms with Crippen LogP contribution in [0.3, 0.4) is 0 Å². The number of nitrogen functional groups attached to an aromatic ring is 1. The number of aryl methyl sites for hydroxylation is 1. The van der Waals surface area contributed by atoms with Crippen LogP contribution in [0.15, 0.2) is 18.2 Å². The Balaban J connectivity index is 2.58. The van der Waals surface area contributed by atoms with Gasteiger partial charge in [0.2, 0.25) is 0 Å². The second-order valence-electron chi connectivity index (χ2n) is 3.67. The van der Waals surface area contributed by atoms with Crippen molar-refractivity contribution in [2.24, 2.45) is 0 Å². The first-order valence-corrected chi connectivity index (χ1v) is 5.09. The molecule has 0 aliphatic heterocycles. The summed E-state index contributed by atoms with van der Waals surface area (Å²) in [5.41, 5.74) is 7.96. The van der Waals surface area contributed by atoms with Crippen LogP contribution in [0.2, 0.25) is 0 Å². The van der Waals surface area contributed by atoms with Crippen molar-refractivity contribution in [2.45, 2.75) is 20.3 Å². The number of hydrogen-bond acceptors (Lipinski definition) is 3. The number of aromatic nitrogens is 3.